The van der Waals surface area contributed by atoms with Crippen molar-refractivity contribution >= 4 is 28.9 Å². The van der Waals surface area contributed by atoms with Crippen LogP contribution in [0.1, 0.15) is 26.3 Å². The zero-order chi connectivity index (χ0) is 16.8. The maximum atomic E-state index is 6.37. The molecule has 2 aromatic rings. The third-order valence-electron chi connectivity index (χ3n) is 3.06. The van der Waals surface area contributed by atoms with E-state index in [1.807, 2.05) is 57.2 Å². The Morgan fingerprint density at radius 1 is 1.09 bits per heavy atom. The molecule has 23 heavy (non-hydrogen) atoms. The molecular formula is C18H21Cl2NO2. The van der Waals surface area contributed by atoms with Gasteiger partial charge in [0.15, 0.2) is 11.5 Å². The summed E-state index contributed by atoms with van der Waals surface area (Å²) in [5.74, 6) is 1.26. The lowest BCUT2D eigenvalue weighted by molar-refractivity contribution is 0.224. The minimum Gasteiger partial charge on any atom is -0.490 e. The van der Waals surface area contributed by atoms with Crippen LogP contribution in [0.3, 0.4) is 0 Å². The first-order valence-corrected chi connectivity index (χ1v) is 8.36. The van der Waals surface area contributed by atoms with Crippen LogP contribution >= 0.6 is 23.2 Å². The van der Waals surface area contributed by atoms with Gasteiger partial charge in [0.2, 0.25) is 0 Å². The molecule has 0 aliphatic rings. The molecular weight excluding hydrogens is 333 g/mol. The molecule has 2 aromatic carbocycles. The molecule has 0 bridgehead atoms. The molecule has 0 heterocycles. The minimum atomic E-state index is 0.0322. The lowest BCUT2D eigenvalue weighted by atomic mass is 10.2. The summed E-state index contributed by atoms with van der Waals surface area (Å²) in [6.45, 7) is 7.04. The normalized spacial score (nSPS) is 10.7. The largest absolute Gasteiger partial charge is 0.490 e. The number of halogens is 2. The summed E-state index contributed by atoms with van der Waals surface area (Å²) >= 11 is 12.3. The molecule has 0 saturated carbocycles. The van der Waals surface area contributed by atoms with E-state index in [0.717, 1.165) is 11.3 Å². The van der Waals surface area contributed by atoms with Crippen LogP contribution in [0.4, 0.5) is 5.69 Å². The van der Waals surface area contributed by atoms with Gasteiger partial charge in [0, 0.05) is 17.3 Å². The number of nitrogens with one attached hydrogen (secondary N) is 1. The van der Waals surface area contributed by atoms with Crippen LogP contribution in [0, 0.1) is 0 Å². The molecule has 0 aromatic heterocycles. The summed E-state index contributed by atoms with van der Waals surface area (Å²) in [6.07, 6.45) is 0.0322. The molecule has 3 nitrogen and oxygen atoms in total. The van der Waals surface area contributed by atoms with Gasteiger partial charge in [0.05, 0.1) is 17.7 Å². The summed E-state index contributed by atoms with van der Waals surface area (Å²) in [5.41, 5.74) is 2.01. The van der Waals surface area contributed by atoms with Crippen molar-refractivity contribution in [3.05, 3.63) is 52.0 Å². The number of ether oxygens (including phenoxy) is 2. The maximum absolute atomic E-state index is 6.37. The van der Waals surface area contributed by atoms with Crippen LogP contribution in [0.2, 0.25) is 10.0 Å². The van der Waals surface area contributed by atoms with Crippen molar-refractivity contribution in [2.75, 3.05) is 11.9 Å². The van der Waals surface area contributed by atoms with Crippen molar-refractivity contribution in [2.45, 2.75) is 33.4 Å². The highest BCUT2D eigenvalue weighted by Crippen LogP contribution is 2.37. The van der Waals surface area contributed by atoms with Crippen LogP contribution in [0.25, 0.3) is 0 Å². The summed E-state index contributed by atoms with van der Waals surface area (Å²) in [5, 5.41) is 4.60. The topological polar surface area (TPSA) is 30.5 Å². The van der Waals surface area contributed by atoms with Gasteiger partial charge in [-0.15, -0.1) is 0 Å². The van der Waals surface area contributed by atoms with Crippen molar-refractivity contribution in [3.8, 4) is 11.5 Å². The van der Waals surface area contributed by atoms with Gasteiger partial charge in [-0.25, -0.2) is 0 Å². The molecule has 1 N–H and O–H groups in total. The molecule has 0 fully saturated rings. The first kappa shape index (κ1) is 17.8. The lowest BCUT2D eigenvalue weighted by Gasteiger charge is -2.17. The molecule has 0 aliphatic heterocycles. The second-order valence-electron chi connectivity index (χ2n) is 5.36. The quantitative estimate of drug-likeness (QED) is 0.682. The molecule has 5 heteroatoms. The van der Waals surface area contributed by atoms with Crippen LogP contribution in [-0.2, 0) is 6.54 Å². The van der Waals surface area contributed by atoms with Gasteiger partial charge in [-0.05, 0) is 62.7 Å². The monoisotopic (exact) mass is 353 g/mol. The van der Waals surface area contributed by atoms with Gasteiger partial charge < -0.3 is 14.8 Å². The van der Waals surface area contributed by atoms with Gasteiger partial charge in [0.1, 0.15) is 0 Å². The van der Waals surface area contributed by atoms with E-state index >= 15 is 0 Å². The first-order chi connectivity index (χ1) is 11.0. The Kier molecular flexibility index (Phi) is 6.43. The number of hydrogen-bond acceptors (Lipinski definition) is 3. The van der Waals surface area contributed by atoms with E-state index in [1.54, 1.807) is 0 Å². The summed E-state index contributed by atoms with van der Waals surface area (Å²) in [4.78, 5) is 0. The van der Waals surface area contributed by atoms with E-state index in [9.17, 15) is 0 Å². The van der Waals surface area contributed by atoms with Crippen molar-refractivity contribution in [1.29, 1.82) is 0 Å². The highest BCUT2D eigenvalue weighted by Gasteiger charge is 2.14. The Hall–Kier alpha value is -1.58. The van der Waals surface area contributed by atoms with E-state index in [2.05, 4.69) is 5.32 Å². The first-order valence-electron chi connectivity index (χ1n) is 7.61. The highest BCUT2D eigenvalue weighted by molar-refractivity contribution is 6.32. The van der Waals surface area contributed by atoms with E-state index in [0.29, 0.717) is 34.7 Å². The van der Waals surface area contributed by atoms with Crippen LogP contribution in [0.15, 0.2) is 36.4 Å². The molecule has 0 radical (unpaired) electrons. The van der Waals surface area contributed by atoms with Crippen molar-refractivity contribution < 1.29 is 9.47 Å². The van der Waals surface area contributed by atoms with Crippen molar-refractivity contribution in [3.63, 3.8) is 0 Å². The third kappa shape index (κ3) is 5.22. The van der Waals surface area contributed by atoms with Crippen LogP contribution in [0.5, 0.6) is 11.5 Å². The molecule has 0 saturated heterocycles. The SMILES string of the molecule is CCOc1cc(CNc2ccc(Cl)cc2)cc(Cl)c1OC(C)C. The fourth-order valence-corrected chi connectivity index (χ4v) is 2.51. The van der Waals surface area contributed by atoms with Crippen LogP contribution in [-0.4, -0.2) is 12.7 Å². The summed E-state index contributed by atoms with van der Waals surface area (Å²) in [7, 11) is 0. The van der Waals surface area contributed by atoms with Gasteiger partial charge in [-0.2, -0.15) is 0 Å². The van der Waals surface area contributed by atoms with E-state index in [4.69, 9.17) is 32.7 Å². The Morgan fingerprint density at radius 3 is 2.39 bits per heavy atom. The lowest BCUT2D eigenvalue weighted by Crippen LogP contribution is -2.09. The van der Waals surface area contributed by atoms with Gasteiger partial charge in [0.25, 0.3) is 0 Å². The predicted molar refractivity (Wildman–Crippen MR) is 97.2 cm³/mol. The number of rotatable bonds is 7. The van der Waals surface area contributed by atoms with Crippen LogP contribution < -0.4 is 14.8 Å². The second-order valence-corrected chi connectivity index (χ2v) is 6.21. The average Bonchev–Trinajstić information content (AvgIpc) is 2.50. The fourth-order valence-electron chi connectivity index (χ4n) is 2.11. The standard InChI is InChI=1S/C18H21Cl2NO2/c1-4-22-17-10-13(9-16(20)18(17)23-12(2)3)11-21-15-7-5-14(19)6-8-15/h5-10,12,21H,4,11H2,1-3H3. The highest BCUT2D eigenvalue weighted by atomic mass is 35.5. The molecule has 0 aliphatic carbocycles. The van der Waals surface area contributed by atoms with Crippen molar-refractivity contribution in [2.24, 2.45) is 0 Å². The molecule has 0 spiro atoms. The number of hydrogen-bond donors (Lipinski definition) is 1. The summed E-state index contributed by atoms with van der Waals surface area (Å²) in [6, 6.07) is 11.4. The summed E-state index contributed by atoms with van der Waals surface area (Å²) < 4.78 is 11.4. The van der Waals surface area contributed by atoms with Gasteiger partial charge in [-0.1, -0.05) is 23.2 Å². The molecule has 124 valence electrons. The van der Waals surface area contributed by atoms with Gasteiger partial charge in [-0.3, -0.25) is 0 Å². The zero-order valence-corrected chi connectivity index (χ0v) is 15.0. The number of benzene rings is 2. The smallest absolute Gasteiger partial charge is 0.180 e. The predicted octanol–water partition coefficient (Wildman–Crippen LogP) is 5.79. The Bertz CT molecular complexity index is 642. The molecule has 2 rings (SSSR count). The van der Waals surface area contributed by atoms with E-state index in [-0.39, 0.29) is 6.10 Å². The van der Waals surface area contributed by atoms with E-state index in [1.165, 1.54) is 0 Å². The Balaban J connectivity index is 2.17. The molecule has 0 amide bonds. The zero-order valence-electron chi connectivity index (χ0n) is 13.5. The third-order valence-corrected chi connectivity index (χ3v) is 3.60. The maximum Gasteiger partial charge on any atom is 0.180 e. The van der Waals surface area contributed by atoms with Gasteiger partial charge >= 0.3 is 0 Å². The second kappa shape index (κ2) is 8.32. The average molecular weight is 354 g/mol. The van der Waals surface area contributed by atoms with Crippen molar-refractivity contribution in [1.82, 2.24) is 0 Å². The number of anilines is 1. The fraction of sp³-hybridized carbons (Fsp3) is 0.333. The Labute approximate surface area is 147 Å². The van der Waals surface area contributed by atoms with E-state index < -0.39 is 0 Å². The Morgan fingerprint density at radius 2 is 1.78 bits per heavy atom. The minimum absolute atomic E-state index is 0.0322. The molecule has 0 unspecified atom stereocenters. The molecule has 0 atom stereocenters.